The first-order chi connectivity index (χ1) is 10.8. The average Bonchev–Trinajstić information content (AvgIpc) is 2.88. The van der Waals surface area contributed by atoms with Gasteiger partial charge in [0.1, 0.15) is 6.04 Å². The third-order valence-corrected chi connectivity index (χ3v) is 4.20. The first kappa shape index (κ1) is 17.3. The zero-order valence-corrected chi connectivity index (χ0v) is 13.9. The van der Waals surface area contributed by atoms with Gasteiger partial charge in [-0.3, -0.25) is 19.7 Å². The summed E-state index contributed by atoms with van der Waals surface area (Å²) in [5.41, 5.74) is 0.665. The number of thiol groups is 1. The molecule has 124 valence electrons. The SMILES string of the molecule is CN(C)C(=O)[C@@H]1C[C@H](S)CN1C(=O)Cc1ccc([N+](=O)[O-])cc1. The molecule has 0 N–H and O–H groups in total. The van der Waals surface area contributed by atoms with Crippen LogP contribution in [0.2, 0.25) is 0 Å². The van der Waals surface area contributed by atoms with E-state index in [9.17, 15) is 19.7 Å². The highest BCUT2D eigenvalue weighted by Gasteiger charge is 2.38. The molecule has 1 aliphatic rings. The Kier molecular flexibility index (Phi) is 5.25. The van der Waals surface area contributed by atoms with Crippen LogP contribution in [0.5, 0.6) is 0 Å². The van der Waals surface area contributed by atoms with Crippen LogP contribution in [0.1, 0.15) is 12.0 Å². The molecule has 0 radical (unpaired) electrons. The van der Waals surface area contributed by atoms with Crippen LogP contribution in [0.3, 0.4) is 0 Å². The average molecular weight is 337 g/mol. The minimum Gasteiger partial charge on any atom is -0.347 e. The first-order valence-corrected chi connectivity index (χ1v) is 7.73. The highest BCUT2D eigenvalue weighted by molar-refractivity contribution is 7.81. The number of benzene rings is 1. The van der Waals surface area contributed by atoms with Crippen LogP contribution in [-0.2, 0) is 16.0 Å². The summed E-state index contributed by atoms with van der Waals surface area (Å²) in [5.74, 6) is -0.283. The summed E-state index contributed by atoms with van der Waals surface area (Å²) in [6, 6.07) is 5.38. The van der Waals surface area contributed by atoms with Gasteiger partial charge in [-0.05, 0) is 12.0 Å². The molecule has 1 aromatic carbocycles. The van der Waals surface area contributed by atoms with E-state index in [4.69, 9.17) is 0 Å². The normalized spacial score (nSPS) is 20.4. The van der Waals surface area contributed by atoms with Crippen LogP contribution in [0.25, 0.3) is 0 Å². The Bertz CT molecular complexity index is 618. The maximum absolute atomic E-state index is 12.5. The van der Waals surface area contributed by atoms with Gasteiger partial charge in [0.15, 0.2) is 0 Å². The number of nitro benzene ring substituents is 1. The first-order valence-electron chi connectivity index (χ1n) is 7.21. The number of hydrogen-bond acceptors (Lipinski definition) is 5. The molecule has 1 fully saturated rings. The molecule has 0 bridgehead atoms. The van der Waals surface area contributed by atoms with Crippen LogP contribution in [0, 0.1) is 10.1 Å². The zero-order valence-electron chi connectivity index (χ0n) is 13.0. The molecule has 0 aliphatic carbocycles. The van der Waals surface area contributed by atoms with E-state index in [-0.39, 0.29) is 29.2 Å². The van der Waals surface area contributed by atoms with Crippen LogP contribution < -0.4 is 0 Å². The lowest BCUT2D eigenvalue weighted by Crippen LogP contribution is -2.46. The van der Waals surface area contributed by atoms with Crippen LogP contribution in [0.4, 0.5) is 5.69 Å². The molecule has 1 aromatic rings. The number of carbonyl (C=O) groups is 2. The van der Waals surface area contributed by atoms with E-state index in [2.05, 4.69) is 12.6 Å². The summed E-state index contributed by atoms with van der Waals surface area (Å²) in [4.78, 5) is 37.9. The van der Waals surface area contributed by atoms with Gasteiger partial charge in [0.25, 0.3) is 5.69 Å². The van der Waals surface area contributed by atoms with Crippen molar-refractivity contribution in [1.29, 1.82) is 0 Å². The molecule has 1 aliphatic heterocycles. The Morgan fingerprint density at radius 3 is 2.48 bits per heavy atom. The molecule has 0 unspecified atom stereocenters. The monoisotopic (exact) mass is 337 g/mol. The molecular weight excluding hydrogens is 318 g/mol. The molecule has 2 atom stereocenters. The van der Waals surface area contributed by atoms with Crippen molar-refractivity contribution in [2.75, 3.05) is 20.6 Å². The second kappa shape index (κ2) is 6.99. The van der Waals surface area contributed by atoms with Gasteiger partial charge in [0.2, 0.25) is 11.8 Å². The standard InChI is InChI=1S/C15H19N3O4S/c1-16(2)15(20)13-8-12(23)9-17(13)14(19)7-10-3-5-11(6-4-10)18(21)22/h3-6,12-13,23H,7-9H2,1-2H3/t12-,13-/m0/s1. The van der Waals surface area contributed by atoms with Crippen LogP contribution in [0.15, 0.2) is 24.3 Å². The van der Waals surface area contributed by atoms with E-state index < -0.39 is 11.0 Å². The fourth-order valence-electron chi connectivity index (χ4n) is 2.63. The van der Waals surface area contributed by atoms with Crippen molar-refractivity contribution in [2.24, 2.45) is 0 Å². The maximum Gasteiger partial charge on any atom is 0.269 e. The van der Waals surface area contributed by atoms with Crippen molar-refractivity contribution in [1.82, 2.24) is 9.80 Å². The summed E-state index contributed by atoms with van der Waals surface area (Å²) in [6.07, 6.45) is 0.641. The van der Waals surface area contributed by atoms with E-state index in [1.807, 2.05) is 0 Å². The molecule has 0 spiro atoms. The van der Waals surface area contributed by atoms with Gasteiger partial charge in [-0.15, -0.1) is 0 Å². The highest BCUT2D eigenvalue weighted by Crippen LogP contribution is 2.24. The van der Waals surface area contributed by atoms with Crippen molar-refractivity contribution in [2.45, 2.75) is 24.1 Å². The van der Waals surface area contributed by atoms with Crippen molar-refractivity contribution in [3.8, 4) is 0 Å². The van der Waals surface area contributed by atoms with Crippen LogP contribution in [-0.4, -0.2) is 58.5 Å². The third kappa shape index (κ3) is 4.01. The lowest BCUT2D eigenvalue weighted by atomic mass is 10.1. The number of amides is 2. The van der Waals surface area contributed by atoms with Crippen molar-refractivity contribution in [3.63, 3.8) is 0 Å². The molecule has 8 heteroatoms. The summed E-state index contributed by atoms with van der Waals surface area (Å²) in [6.45, 7) is 0.430. The third-order valence-electron chi connectivity index (χ3n) is 3.83. The Labute approximate surface area is 139 Å². The Morgan fingerprint density at radius 1 is 1.35 bits per heavy atom. The zero-order chi connectivity index (χ0) is 17.1. The summed E-state index contributed by atoms with van der Waals surface area (Å²) < 4.78 is 0. The van der Waals surface area contributed by atoms with Crippen molar-refractivity contribution >= 4 is 30.1 Å². The van der Waals surface area contributed by atoms with Gasteiger partial charge in [-0.2, -0.15) is 12.6 Å². The molecule has 7 nitrogen and oxygen atoms in total. The van der Waals surface area contributed by atoms with E-state index in [0.29, 0.717) is 18.5 Å². The summed E-state index contributed by atoms with van der Waals surface area (Å²) >= 11 is 4.39. The molecule has 23 heavy (non-hydrogen) atoms. The van der Waals surface area contributed by atoms with Crippen molar-refractivity contribution in [3.05, 3.63) is 39.9 Å². The van der Waals surface area contributed by atoms with E-state index in [1.54, 1.807) is 31.1 Å². The molecule has 2 amide bonds. The van der Waals surface area contributed by atoms with Gasteiger partial charge in [-0.25, -0.2) is 0 Å². The number of nitro groups is 1. The quantitative estimate of drug-likeness (QED) is 0.507. The number of likely N-dealkylation sites (tertiary alicyclic amines) is 1. The number of hydrogen-bond donors (Lipinski definition) is 1. The predicted octanol–water partition coefficient (Wildman–Crippen LogP) is 1.12. The molecule has 0 saturated carbocycles. The summed E-state index contributed by atoms with van der Waals surface area (Å²) in [5, 5.41) is 10.6. The van der Waals surface area contributed by atoms with Gasteiger partial charge in [0.05, 0.1) is 11.3 Å². The van der Waals surface area contributed by atoms with Gasteiger partial charge < -0.3 is 9.80 Å². The summed E-state index contributed by atoms with van der Waals surface area (Å²) in [7, 11) is 3.32. The van der Waals surface area contributed by atoms with Crippen molar-refractivity contribution < 1.29 is 14.5 Å². The number of non-ortho nitro benzene ring substituents is 1. The Morgan fingerprint density at radius 2 is 1.96 bits per heavy atom. The second-order valence-corrected chi connectivity index (χ2v) is 6.51. The minimum absolute atomic E-state index is 0.0153. The van der Waals surface area contributed by atoms with Gasteiger partial charge in [0, 0.05) is 38.0 Å². The number of carbonyl (C=O) groups excluding carboxylic acids is 2. The number of nitrogens with zero attached hydrogens (tertiary/aromatic N) is 3. The fraction of sp³-hybridized carbons (Fsp3) is 0.467. The number of rotatable bonds is 4. The Balaban J connectivity index is 2.09. The minimum atomic E-state index is -0.488. The lowest BCUT2D eigenvalue weighted by molar-refractivity contribution is -0.384. The van der Waals surface area contributed by atoms with Gasteiger partial charge >= 0.3 is 0 Å². The highest BCUT2D eigenvalue weighted by atomic mass is 32.1. The lowest BCUT2D eigenvalue weighted by Gasteiger charge is -2.26. The van der Waals surface area contributed by atoms with Crippen LogP contribution >= 0.6 is 12.6 Å². The molecule has 0 aromatic heterocycles. The van der Waals surface area contributed by atoms with E-state index >= 15 is 0 Å². The predicted molar refractivity (Wildman–Crippen MR) is 88.4 cm³/mol. The fourth-order valence-corrected chi connectivity index (χ4v) is 3.01. The largest absolute Gasteiger partial charge is 0.347 e. The van der Waals surface area contributed by atoms with Gasteiger partial charge in [-0.1, -0.05) is 12.1 Å². The molecule has 2 rings (SSSR count). The molecular formula is C15H19N3O4S. The smallest absolute Gasteiger partial charge is 0.269 e. The Hall–Kier alpha value is -2.09. The molecule has 1 saturated heterocycles. The van der Waals surface area contributed by atoms with E-state index in [0.717, 1.165) is 0 Å². The second-order valence-electron chi connectivity index (χ2n) is 5.78. The van der Waals surface area contributed by atoms with E-state index in [1.165, 1.54) is 17.0 Å². The maximum atomic E-state index is 12.5. The topological polar surface area (TPSA) is 83.8 Å². The molecule has 1 heterocycles. The number of likely N-dealkylation sites (N-methyl/N-ethyl adjacent to an activating group) is 1.